The van der Waals surface area contributed by atoms with Crippen molar-refractivity contribution in [2.24, 2.45) is 13.0 Å². The molecule has 0 saturated carbocycles. The van der Waals surface area contributed by atoms with Gasteiger partial charge in [0.15, 0.2) is 18.9 Å². The van der Waals surface area contributed by atoms with Crippen LogP contribution in [0.2, 0.25) is 0 Å². The molecule has 0 fully saturated rings. The lowest BCUT2D eigenvalue weighted by Gasteiger charge is -2.41. The second-order valence-electron chi connectivity index (χ2n) is 17.3. The quantitative estimate of drug-likeness (QED) is 0.146. The summed E-state index contributed by atoms with van der Waals surface area (Å²) < 4.78 is 37.7. The van der Waals surface area contributed by atoms with Gasteiger partial charge in [0, 0.05) is 45.4 Å². The molecule has 53 heavy (non-hydrogen) atoms. The average Bonchev–Trinajstić information content (AvgIpc) is 3.25. The summed E-state index contributed by atoms with van der Waals surface area (Å²) in [6.07, 6.45) is 10.4. The number of pyridine rings is 2. The summed E-state index contributed by atoms with van der Waals surface area (Å²) in [5.41, 5.74) is 11.0. The Labute approximate surface area is 313 Å². The first-order chi connectivity index (χ1) is 25.4. The highest BCUT2D eigenvalue weighted by Crippen LogP contribution is 2.57. The Kier molecular flexibility index (Phi) is 7.63. The Hall–Kier alpha value is -4.44. The summed E-state index contributed by atoms with van der Waals surface area (Å²) in [5, 5.41) is 5.01. The standard InChI is InChI=1S/C49H52F2N2/c1-9-12-14-29-17-19-35-41-33(29)24-26-53-28-32(49(10-2,11-3)36-20-22-38(51)44(48(35,6)7)42(36)46(41)53)27-31-18-21-37(50)43-40(31)45-39-30(23-25-52(45)8)15-13-16-34(39)47(43,4)5/h13,15-26,32H,9-12,14,27-28H2,1-8H3/q+2. The fourth-order valence-corrected chi connectivity index (χ4v) is 11.4. The number of aromatic nitrogens is 2. The molecule has 0 saturated heterocycles. The lowest BCUT2D eigenvalue weighted by molar-refractivity contribution is -0.692. The topological polar surface area (TPSA) is 7.76 Å². The zero-order valence-corrected chi connectivity index (χ0v) is 32.7. The summed E-state index contributed by atoms with van der Waals surface area (Å²) >= 11 is 0. The van der Waals surface area contributed by atoms with Crippen molar-refractivity contribution in [3.05, 3.63) is 130 Å². The third-order valence-corrected chi connectivity index (χ3v) is 14.2. The van der Waals surface area contributed by atoms with E-state index >= 15 is 8.78 Å². The van der Waals surface area contributed by atoms with Gasteiger partial charge >= 0.3 is 0 Å². The second-order valence-corrected chi connectivity index (χ2v) is 17.3. The first-order valence-electron chi connectivity index (χ1n) is 20.0. The van der Waals surface area contributed by atoms with Crippen LogP contribution in [-0.4, -0.2) is 0 Å². The van der Waals surface area contributed by atoms with Gasteiger partial charge in [-0.2, -0.15) is 4.57 Å². The van der Waals surface area contributed by atoms with E-state index in [1.54, 1.807) is 12.1 Å². The van der Waals surface area contributed by atoms with Gasteiger partial charge in [-0.15, -0.1) is 0 Å². The van der Waals surface area contributed by atoms with Crippen molar-refractivity contribution in [1.82, 2.24) is 0 Å². The minimum absolute atomic E-state index is 0.119. The lowest BCUT2D eigenvalue weighted by atomic mass is 9.60. The lowest BCUT2D eigenvalue weighted by Crippen LogP contribution is -2.45. The summed E-state index contributed by atoms with van der Waals surface area (Å²) in [5.74, 6) is -0.0910. The largest absolute Gasteiger partial charge is 0.221 e. The molecule has 0 amide bonds. The Morgan fingerprint density at radius 2 is 1.34 bits per heavy atom. The van der Waals surface area contributed by atoms with Crippen LogP contribution >= 0.6 is 0 Å². The SMILES string of the molecule is CCCCc1ccc2c3c4[n+](ccc13)CC(Cc1ccc(F)c3c1-c1c5c(cccc5cc[n+]1C)C3(C)C)C(CC)(CC)c1ccc(F)c(c1-4)C2(C)C. The number of hydrogen-bond acceptors (Lipinski definition) is 0. The van der Waals surface area contributed by atoms with Crippen molar-refractivity contribution in [3.63, 3.8) is 0 Å². The number of aryl methyl sites for hydroxylation is 2. The molecule has 2 nitrogen and oxygen atoms in total. The number of benzene rings is 4. The smallest absolute Gasteiger partial charge is 0.207 e. The third-order valence-electron chi connectivity index (χ3n) is 14.2. The van der Waals surface area contributed by atoms with Gasteiger partial charge in [-0.05, 0) is 82.8 Å². The van der Waals surface area contributed by atoms with E-state index in [-0.39, 0.29) is 23.0 Å². The summed E-state index contributed by atoms with van der Waals surface area (Å²) in [7, 11) is 2.10. The van der Waals surface area contributed by atoms with Gasteiger partial charge in [0.25, 0.3) is 0 Å². The molecule has 9 rings (SSSR count). The van der Waals surface area contributed by atoms with Gasteiger partial charge in [-0.25, -0.2) is 13.3 Å². The maximum Gasteiger partial charge on any atom is 0.221 e. The van der Waals surface area contributed by atoms with E-state index in [9.17, 15) is 0 Å². The van der Waals surface area contributed by atoms with Crippen LogP contribution in [0, 0.1) is 17.6 Å². The summed E-state index contributed by atoms with van der Waals surface area (Å²) in [6, 6.07) is 23.3. The van der Waals surface area contributed by atoms with Gasteiger partial charge in [0.2, 0.25) is 11.4 Å². The van der Waals surface area contributed by atoms with Gasteiger partial charge in [-0.1, -0.05) is 97.4 Å². The molecule has 0 bridgehead atoms. The fraction of sp³-hybridized carbons (Fsp3) is 0.388. The van der Waals surface area contributed by atoms with E-state index in [4.69, 9.17) is 0 Å². The molecule has 1 unspecified atom stereocenters. The van der Waals surface area contributed by atoms with Crippen molar-refractivity contribution >= 4 is 21.5 Å². The number of nitrogens with zero attached hydrogens (tertiary/aromatic N) is 2. The monoisotopic (exact) mass is 706 g/mol. The molecule has 1 aliphatic heterocycles. The molecule has 3 heterocycles. The molecule has 2 aliphatic carbocycles. The molecule has 4 heteroatoms. The molecule has 1 atom stereocenters. The van der Waals surface area contributed by atoms with Gasteiger partial charge < -0.3 is 0 Å². The normalized spacial score (nSPS) is 18.3. The molecule has 270 valence electrons. The summed E-state index contributed by atoms with van der Waals surface area (Å²) in [4.78, 5) is 0. The minimum Gasteiger partial charge on any atom is -0.207 e. The predicted octanol–water partition coefficient (Wildman–Crippen LogP) is 11.3. The van der Waals surface area contributed by atoms with Crippen molar-refractivity contribution in [2.75, 3.05) is 0 Å². The van der Waals surface area contributed by atoms with Crippen molar-refractivity contribution in [2.45, 2.75) is 110 Å². The van der Waals surface area contributed by atoms with Crippen molar-refractivity contribution in [1.29, 1.82) is 0 Å². The van der Waals surface area contributed by atoms with E-state index in [0.29, 0.717) is 0 Å². The summed E-state index contributed by atoms with van der Waals surface area (Å²) in [6.45, 7) is 16.5. The molecule has 0 spiro atoms. The molecule has 2 aromatic heterocycles. The highest BCUT2D eigenvalue weighted by molar-refractivity contribution is 6.03. The predicted molar refractivity (Wildman–Crippen MR) is 212 cm³/mol. The van der Waals surface area contributed by atoms with Gasteiger partial charge in [-0.3, -0.25) is 0 Å². The van der Waals surface area contributed by atoms with Crippen LogP contribution in [0.4, 0.5) is 8.78 Å². The van der Waals surface area contributed by atoms with E-state index in [1.165, 1.54) is 55.1 Å². The van der Waals surface area contributed by atoms with E-state index < -0.39 is 10.8 Å². The number of unbranched alkanes of at least 4 members (excludes halogenated alkanes) is 1. The van der Waals surface area contributed by atoms with Crippen LogP contribution in [0.15, 0.2) is 79.1 Å². The number of rotatable bonds is 7. The highest BCUT2D eigenvalue weighted by Gasteiger charge is 2.51. The van der Waals surface area contributed by atoms with Crippen LogP contribution in [-0.2, 0) is 42.7 Å². The number of fused-ring (bicyclic) bond motifs is 2. The zero-order chi connectivity index (χ0) is 37.2. The van der Waals surface area contributed by atoms with Crippen LogP contribution in [0.5, 0.6) is 0 Å². The maximum atomic E-state index is 16.6. The van der Waals surface area contributed by atoms with E-state index in [2.05, 4.69) is 132 Å². The fourth-order valence-electron chi connectivity index (χ4n) is 11.4. The zero-order valence-electron chi connectivity index (χ0n) is 32.7. The highest BCUT2D eigenvalue weighted by atomic mass is 19.1. The van der Waals surface area contributed by atoms with Crippen LogP contribution in [0.1, 0.15) is 113 Å². The van der Waals surface area contributed by atoms with Crippen molar-refractivity contribution < 1.29 is 17.9 Å². The molecule has 0 radical (unpaired) electrons. The Balaban J connectivity index is 1.33. The molecular weight excluding hydrogens is 655 g/mol. The average molecular weight is 707 g/mol. The van der Waals surface area contributed by atoms with E-state index in [0.717, 1.165) is 73.0 Å². The third kappa shape index (κ3) is 4.47. The molecule has 6 aromatic rings. The minimum atomic E-state index is -0.512. The molecule has 4 aromatic carbocycles. The Morgan fingerprint density at radius 1 is 0.679 bits per heavy atom. The van der Waals surface area contributed by atoms with E-state index in [1.807, 2.05) is 0 Å². The van der Waals surface area contributed by atoms with Crippen LogP contribution in [0.25, 0.3) is 44.1 Å². The van der Waals surface area contributed by atoms with Crippen molar-refractivity contribution in [3.8, 4) is 22.5 Å². The first kappa shape index (κ1) is 34.3. The van der Waals surface area contributed by atoms with Crippen LogP contribution in [0.3, 0.4) is 0 Å². The number of hydrogen-bond donors (Lipinski definition) is 0. The Bertz CT molecular complexity index is 2520. The van der Waals surface area contributed by atoms with Gasteiger partial charge in [0.05, 0.1) is 21.9 Å². The molecule has 3 aliphatic rings. The maximum absolute atomic E-state index is 16.6. The number of halogens is 2. The van der Waals surface area contributed by atoms with Crippen LogP contribution < -0.4 is 9.13 Å². The molecular formula is C49H52F2N2+2. The van der Waals surface area contributed by atoms with Gasteiger partial charge in [0.1, 0.15) is 18.7 Å². The molecule has 0 N–H and O–H groups in total. The Morgan fingerprint density at radius 3 is 2.06 bits per heavy atom. The second kappa shape index (κ2) is 11.8. The first-order valence-corrected chi connectivity index (χ1v) is 20.0.